The molecule has 1 atom stereocenters. The molecule has 1 saturated carbocycles. The van der Waals surface area contributed by atoms with Crippen LogP contribution in [0.25, 0.3) is 0 Å². The lowest BCUT2D eigenvalue weighted by atomic mass is 9.89. The van der Waals surface area contributed by atoms with E-state index in [1.807, 2.05) is 20.8 Å². The number of hydrogen-bond acceptors (Lipinski definition) is 3. The molecular weight excluding hydrogens is 242 g/mol. The molecule has 1 aliphatic carbocycles. The number of nitrogens with one attached hydrogen (secondary N) is 1. The zero-order valence-electron chi connectivity index (χ0n) is 12.6. The third kappa shape index (κ3) is 5.91. The molecule has 0 aromatic carbocycles. The summed E-state index contributed by atoms with van der Waals surface area (Å²) in [7, 11) is 0. The summed E-state index contributed by atoms with van der Waals surface area (Å²) in [5.74, 6) is 0.151. The summed E-state index contributed by atoms with van der Waals surface area (Å²) in [4.78, 5) is 11.5. The number of carboxylic acids is 1. The highest BCUT2D eigenvalue weighted by Crippen LogP contribution is 2.32. The Morgan fingerprint density at radius 2 is 2.11 bits per heavy atom. The van der Waals surface area contributed by atoms with E-state index < -0.39 is 11.5 Å². The standard InChI is InChI=1S/C15H29NO3/c1-4-15(14(17)18,16-12(2)3)9-5-10-19-11-8-13-6-7-13/h12-13,16H,4-11H2,1-3H3,(H,17,18). The van der Waals surface area contributed by atoms with Gasteiger partial charge in [0, 0.05) is 19.3 Å². The van der Waals surface area contributed by atoms with Gasteiger partial charge in [-0.15, -0.1) is 0 Å². The molecule has 0 amide bonds. The summed E-state index contributed by atoms with van der Waals surface area (Å²) in [5.41, 5.74) is -0.798. The Hall–Kier alpha value is -0.610. The molecule has 1 rings (SSSR count). The monoisotopic (exact) mass is 271 g/mol. The largest absolute Gasteiger partial charge is 0.480 e. The van der Waals surface area contributed by atoms with E-state index in [9.17, 15) is 9.90 Å². The van der Waals surface area contributed by atoms with Crippen LogP contribution in [0.3, 0.4) is 0 Å². The fourth-order valence-corrected chi connectivity index (χ4v) is 2.46. The molecule has 1 unspecified atom stereocenters. The first-order valence-corrected chi connectivity index (χ1v) is 7.59. The molecule has 0 saturated heterocycles. The normalized spacial score (nSPS) is 18.5. The van der Waals surface area contributed by atoms with Crippen molar-refractivity contribution in [2.45, 2.75) is 70.9 Å². The summed E-state index contributed by atoms with van der Waals surface area (Å²) in [6, 6.07) is 0.173. The Balaban J connectivity index is 2.24. The maximum Gasteiger partial charge on any atom is 0.323 e. The molecule has 0 aliphatic heterocycles. The second kappa shape index (κ2) is 7.85. The highest BCUT2D eigenvalue weighted by molar-refractivity contribution is 5.78. The van der Waals surface area contributed by atoms with Gasteiger partial charge in [-0.3, -0.25) is 10.1 Å². The van der Waals surface area contributed by atoms with Gasteiger partial charge < -0.3 is 9.84 Å². The van der Waals surface area contributed by atoms with Gasteiger partial charge >= 0.3 is 5.97 Å². The molecule has 4 nitrogen and oxygen atoms in total. The Kier molecular flexibility index (Phi) is 6.80. The number of hydrogen-bond donors (Lipinski definition) is 2. The number of rotatable bonds is 11. The van der Waals surface area contributed by atoms with Crippen molar-refractivity contribution in [2.75, 3.05) is 13.2 Å². The summed E-state index contributed by atoms with van der Waals surface area (Å²) in [6.07, 6.45) is 5.91. The van der Waals surface area contributed by atoms with Gasteiger partial charge in [-0.05, 0) is 45.4 Å². The van der Waals surface area contributed by atoms with E-state index in [1.165, 1.54) is 19.3 Å². The van der Waals surface area contributed by atoms with Crippen LogP contribution in [0, 0.1) is 5.92 Å². The maximum absolute atomic E-state index is 11.5. The van der Waals surface area contributed by atoms with Gasteiger partial charge in [0.25, 0.3) is 0 Å². The first-order chi connectivity index (χ1) is 9.00. The van der Waals surface area contributed by atoms with Crippen LogP contribution in [0.15, 0.2) is 0 Å². The van der Waals surface area contributed by atoms with E-state index in [2.05, 4.69) is 5.32 Å². The summed E-state index contributed by atoms with van der Waals surface area (Å²) in [5, 5.41) is 12.7. The van der Waals surface area contributed by atoms with E-state index in [0.717, 1.165) is 18.9 Å². The predicted octanol–water partition coefficient (Wildman–Crippen LogP) is 2.81. The first-order valence-electron chi connectivity index (χ1n) is 7.59. The van der Waals surface area contributed by atoms with Crippen LogP contribution in [0.5, 0.6) is 0 Å². The molecule has 1 aliphatic rings. The van der Waals surface area contributed by atoms with Crippen LogP contribution in [-0.2, 0) is 9.53 Å². The van der Waals surface area contributed by atoms with Gasteiger partial charge in [0.15, 0.2) is 0 Å². The fourth-order valence-electron chi connectivity index (χ4n) is 2.46. The second-order valence-electron chi connectivity index (χ2n) is 5.99. The van der Waals surface area contributed by atoms with Crippen LogP contribution in [-0.4, -0.2) is 35.9 Å². The van der Waals surface area contributed by atoms with E-state index in [4.69, 9.17) is 4.74 Å². The van der Waals surface area contributed by atoms with Gasteiger partial charge in [0.2, 0.25) is 0 Å². The molecule has 0 aromatic rings. The molecule has 112 valence electrons. The van der Waals surface area contributed by atoms with E-state index in [0.29, 0.717) is 19.4 Å². The van der Waals surface area contributed by atoms with Crippen molar-refractivity contribution < 1.29 is 14.6 Å². The van der Waals surface area contributed by atoms with Crippen molar-refractivity contribution in [2.24, 2.45) is 5.92 Å². The van der Waals surface area contributed by atoms with Gasteiger partial charge in [0.1, 0.15) is 5.54 Å². The lowest BCUT2D eigenvalue weighted by Gasteiger charge is -2.31. The second-order valence-corrected chi connectivity index (χ2v) is 5.99. The zero-order valence-corrected chi connectivity index (χ0v) is 12.6. The van der Waals surface area contributed by atoms with Gasteiger partial charge in [-0.25, -0.2) is 0 Å². The summed E-state index contributed by atoms with van der Waals surface area (Å²) < 4.78 is 5.59. The molecular formula is C15H29NO3. The molecule has 19 heavy (non-hydrogen) atoms. The molecule has 1 fully saturated rings. The molecule has 0 heterocycles. The smallest absolute Gasteiger partial charge is 0.323 e. The van der Waals surface area contributed by atoms with Gasteiger partial charge in [-0.1, -0.05) is 19.8 Å². The summed E-state index contributed by atoms with van der Waals surface area (Å²) >= 11 is 0. The number of ether oxygens (including phenoxy) is 1. The molecule has 0 spiro atoms. The van der Waals surface area contributed by atoms with Gasteiger partial charge in [0.05, 0.1) is 0 Å². The van der Waals surface area contributed by atoms with Crippen LogP contribution >= 0.6 is 0 Å². The number of aliphatic carboxylic acids is 1. The van der Waals surface area contributed by atoms with Crippen molar-refractivity contribution in [1.29, 1.82) is 0 Å². The molecule has 0 radical (unpaired) electrons. The average molecular weight is 271 g/mol. The predicted molar refractivity (Wildman–Crippen MR) is 76.3 cm³/mol. The Morgan fingerprint density at radius 1 is 1.42 bits per heavy atom. The minimum atomic E-state index is -0.798. The Bertz CT molecular complexity index is 277. The first kappa shape index (κ1) is 16.4. The Labute approximate surface area is 116 Å². The highest BCUT2D eigenvalue weighted by atomic mass is 16.5. The quantitative estimate of drug-likeness (QED) is 0.567. The van der Waals surface area contributed by atoms with Crippen molar-refractivity contribution in [3.63, 3.8) is 0 Å². The fraction of sp³-hybridized carbons (Fsp3) is 0.933. The SMILES string of the molecule is CCC(CCCOCCC1CC1)(NC(C)C)C(=O)O. The average Bonchev–Trinajstić information content (AvgIpc) is 3.15. The zero-order chi connectivity index (χ0) is 14.3. The lowest BCUT2D eigenvalue weighted by Crippen LogP contribution is -2.54. The van der Waals surface area contributed by atoms with Gasteiger partial charge in [-0.2, -0.15) is 0 Å². The molecule has 4 heteroatoms. The van der Waals surface area contributed by atoms with Crippen molar-refractivity contribution in [3.05, 3.63) is 0 Å². The minimum absolute atomic E-state index is 0.173. The molecule has 0 aromatic heterocycles. The molecule has 0 bridgehead atoms. The van der Waals surface area contributed by atoms with Crippen LogP contribution in [0.4, 0.5) is 0 Å². The third-order valence-electron chi connectivity index (χ3n) is 3.84. The maximum atomic E-state index is 11.5. The van der Waals surface area contributed by atoms with E-state index in [1.54, 1.807) is 0 Å². The van der Waals surface area contributed by atoms with E-state index >= 15 is 0 Å². The van der Waals surface area contributed by atoms with Crippen molar-refractivity contribution >= 4 is 5.97 Å². The molecule has 2 N–H and O–H groups in total. The number of carboxylic acid groups (broad SMARTS) is 1. The van der Waals surface area contributed by atoms with Crippen molar-refractivity contribution in [3.8, 4) is 0 Å². The van der Waals surface area contributed by atoms with Crippen LogP contribution in [0.1, 0.15) is 59.3 Å². The van der Waals surface area contributed by atoms with Crippen molar-refractivity contribution in [1.82, 2.24) is 5.32 Å². The lowest BCUT2D eigenvalue weighted by molar-refractivity contribution is -0.146. The minimum Gasteiger partial charge on any atom is -0.480 e. The highest BCUT2D eigenvalue weighted by Gasteiger charge is 2.36. The van der Waals surface area contributed by atoms with Crippen LogP contribution in [0.2, 0.25) is 0 Å². The topological polar surface area (TPSA) is 58.6 Å². The number of carbonyl (C=O) groups is 1. The van der Waals surface area contributed by atoms with E-state index in [-0.39, 0.29) is 6.04 Å². The third-order valence-corrected chi connectivity index (χ3v) is 3.84. The summed E-state index contributed by atoms with van der Waals surface area (Å²) in [6.45, 7) is 7.40. The Morgan fingerprint density at radius 3 is 2.58 bits per heavy atom. The van der Waals surface area contributed by atoms with Crippen LogP contribution < -0.4 is 5.32 Å².